The number of rotatable bonds is 3. The first-order chi connectivity index (χ1) is 10.2. The van der Waals surface area contributed by atoms with Gasteiger partial charge in [0.05, 0.1) is 0 Å². The van der Waals surface area contributed by atoms with Gasteiger partial charge in [0.25, 0.3) is 0 Å². The molecule has 106 valence electrons. The van der Waals surface area contributed by atoms with Crippen LogP contribution in [-0.4, -0.2) is 5.78 Å². The fourth-order valence-corrected chi connectivity index (χ4v) is 3.75. The second kappa shape index (κ2) is 4.73. The number of carbonyl (C=O) groups excluding carboxylic acids is 1. The van der Waals surface area contributed by atoms with Crippen molar-refractivity contribution in [2.45, 2.75) is 31.6 Å². The Morgan fingerprint density at radius 2 is 1.62 bits per heavy atom. The van der Waals surface area contributed by atoms with E-state index < -0.39 is 0 Å². The van der Waals surface area contributed by atoms with Gasteiger partial charge in [0, 0.05) is 12.8 Å². The zero-order chi connectivity index (χ0) is 14.3. The number of hydrogen-bond acceptors (Lipinski definition) is 2. The van der Waals surface area contributed by atoms with E-state index in [4.69, 9.17) is 4.74 Å². The lowest BCUT2D eigenvalue weighted by Gasteiger charge is -2.53. The summed E-state index contributed by atoms with van der Waals surface area (Å²) in [6.07, 6.45) is 3.94. The van der Waals surface area contributed by atoms with E-state index in [1.807, 2.05) is 36.4 Å². The van der Waals surface area contributed by atoms with Gasteiger partial charge in [-0.25, -0.2) is 0 Å². The molecular formula is C19H18O2. The van der Waals surface area contributed by atoms with Gasteiger partial charge in [0.1, 0.15) is 17.3 Å². The van der Waals surface area contributed by atoms with Crippen LogP contribution in [0, 0.1) is 5.41 Å². The van der Waals surface area contributed by atoms with Crippen LogP contribution >= 0.6 is 0 Å². The molecule has 0 N–H and O–H groups in total. The third-order valence-corrected chi connectivity index (χ3v) is 4.81. The van der Waals surface area contributed by atoms with E-state index >= 15 is 0 Å². The molecule has 21 heavy (non-hydrogen) atoms. The molecule has 4 rings (SSSR count). The second-order valence-electron chi connectivity index (χ2n) is 6.49. The van der Waals surface area contributed by atoms with Crippen LogP contribution in [-0.2, 0) is 4.79 Å². The fraction of sp³-hybridized carbons (Fsp3) is 0.316. The maximum atomic E-state index is 11.2. The Bertz CT molecular complexity index is 659. The van der Waals surface area contributed by atoms with Gasteiger partial charge in [0.2, 0.25) is 0 Å². The maximum absolute atomic E-state index is 11.2. The molecule has 0 heterocycles. The highest BCUT2D eigenvalue weighted by Gasteiger charge is 2.52. The average molecular weight is 278 g/mol. The third kappa shape index (κ3) is 2.35. The summed E-state index contributed by atoms with van der Waals surface area (Å²) >= 11 is 0. The van der Waals surface area contributed by atoms with Gasteiger partial charge in [-0.2, -0.15) is 0 Å². The number of carbonyl (C=O) groups is 1. The van der Waals surface area contributed by atoms with Crippen molar-refractivity contribution in [1.29, 1.82) is 0 Å². The number of Topliss-reactive ketones (excluding diaryl/α,β-unsaturated/α-hetero) is 1. The summed E-state index contributed by atoms with van der Waals surface area (Å²) in [5.41, 5.74) is 1.70. The highest BCUT2D eigenvalue weighted by Crippen LogP contribution is 2.60. The molecule has 2 heteroatoms. The Balaban J connectivity index is 1.46. The van der Waals surface area contributed by atoms with E-state index in [0.717, 1.165) is 37.2 Å². The van der Waals surface area contributed by atoms with E-state index in [1.165, 1.54) is 5.56 Å². The van der Waals surface area contributed by atoms with Gasteiger partial charge in [-0.3, -0.25) is 4.79 Å². The summed E-state index contributed by atoms with van der Waals surface area (Å²) in [5, 5.41) is 0. The minimum absolute atomic E-state index is 0.359. The van der Waals surface area contributed by atoms with Crippen molar-refractivity contribution in [3.05, 3.63) is 60.2 Å². The zero-order valence-electron chi connectivity index (χ0n) is 11.9. The normalized spacial score (nSPS) is 19.9. The van der Waals surface area contributed by atoms with Crippen molar-refractivity contribution in [2.75, 3.05) is 0 Å². The number of benzene rings is 2. The summed E-state index contributed by atoms with van der Waals surface area (Å²) in [4.78, 5) is 11.2. The van der Waals surface area contributed by atoms with Crippen LogP contribution in [0.5, 0.6) is 11.5 Å². The van der Waals surface area contributed by atoms with Crippen LogP contribution in [0.15, 0.2) is 54.6 Å². The van der Waals surface area contributed by atoms with E-state index in [1.54, 1.807) is 0 Å². The molecule has 0 unspecified atom stereocenters. The van der Waals surface area contributed by atoms with Gasteiger partial charge >= 0.3 is 0 Å². The van der Waals surface area contributed by atoms with Crippen LogP contribution < -0.4 is 4.74 Å². The summed E-state index contributed by atoms with van der Waals surface area (Å²) in [6, 6.07) is 18.2. The van der Waals surface area contributed by atoms with Crippen molar-refractivity contribution in [1.82, 2.24) is 0 Å². The molecule has 0 aromatic heterocycles. The molecule has 0 saturated heterocycles. The van der Waals surface area contributed by atoms with Gasteiger partial charge in [-0.1, -0.05) is 30.3 Å². The molecule has 2 fully saturated rings. The highest BCUT2D eigenvalue weighted by molar-refractivity contribution is 5.86. The van der Waals surface area contributed by atoms with Crippen LogP contribution in [0.25, 0.3) is 0 Å². The maximum Gasteiger partial charge on any atom is 0.134 e. The first-order valence-corrected chi connectivity index (χ1v) is 7.57. The van der Waals surface area contributed by atoms with Gasteiger partial charge in [0.15, 0.2) is 0 Å². The Hall–Kier alpha value is -2.09. The molecule has 0 atom stereocenters. The van der Waals surface area contributed by atoms with E-state index in [2.05, 4.69) is 18.2 Å². The lowest BCUT2D eigenvalue weighted by molar-refractivity contribution is -0.139. The molecule has 2 aliphatic carbocycles. The van der Waals surface area contributed by atoms with Crippen molar-refractivity contribution in [2.24, 2.45) is 5.41 Å². The lowest BCUT2D eigenvalue weighted by atomic mass is 9.50. The Morgan fingerprint density at radius 1 is 0.905 bits per heavy atom. The minimum Gasteiger partial charge on any atom is -0.457 e. The summed E-state index contributed by atoms with van der Waals surface area (Å²) in [7, 11) is 0. The quantitative estimate of drug-likeness (QED) is 0.813. The van der Waals surface area contributed by atoms with Crippen molar-refractivity contribution in [3.8, 4) is 11.5 Å². The zero-order valence-corrected chi connectivity index (χ0v) is 11.9. The molecule has 0 bridgehead atoms. The van der Waals surface area contributed by atoms with Gasteiger partial charge < -0.3 is 4.74 Å². The van der Waals surface area contributed by atoms with Crippen LogP contribution in [0.2, 0.25) is 0 Å². The number of para-hydroxylation sites is 1. The Labute approximate surface area is 124 Å². The number of ketones is 1. The average Bonchev–Trinajstić information content (AvgIpc) is 2.43. The fourth-order valence-electron chi connectivity index (χ4n) is 3.75. The summed E-state index contributed by atoms with van der Waals surface area (Å²) < 4.78 is 5.89. The third-order valence-electron chi connectivity index (χ3n) is 4.81. The lowest BCUT2D eigenvalue weighted by Crippen LogP contribution is -2.46. The highest BCUT2D eigenvalue weighted by atomic mass is 16.5. The Kier molecular flexibility index (Phi) is 2.85. The van der Waals surface area contributed by atoms with Crippen molar-refractivity contribution in [3.63, 3.8) is 0 Å². The first kappa shape index (κ1) is 12.6. The molecule has 0 aliphatic heterocycles. The van der Waals surface area contributed by atoms with Gasteiger partial charge in [-0.15, -0.1) is 0 Å². The van der Waals surface area contributed by atoms with Gasteiger partial charge in [-0.05, 0) is 54.0 Å². The molecule has 2 aromatic rings. The second-order valence-corrected chi connectivity index (χ2v) is 6.49. The van der Waals surface area contributed by atoms with Crippen molar-refractivity contribution < 1.29 is 9.53 Å². The first-order valence-electron chi connectivity index (χ1n) is 7.57. The van der Waals surface area contributed by atoms with E-state index in [9.17, 15) is 4.79 Å². The predicted octanol–water partition coefficient (Wildman–Crippen LogP) is 4.71. The minimum atomic E-state index is 0.359. The molecule has 1 spiro atoms. The summed E-state index contributed by atoms with van der Waals surface area (Å²) in [6.45, 7) is 0. The smallest absolute Gasteiger partial charge is 0.134 e. The molecular weight excluding hydrogens is 260 g/mol. The monoisotopic (exact) mass is 278 g/mol. The van der Waals surface area contributed by atoms with E-state index in [-0.39, 0.29) is 0 Å². The van der Waals surface area contributed by atoms with Crippen LogP contribution in [0.4, 0.5) is 0 Å². The van der Waals surface area contributed by atoms with Crippen molar-refractivity contribution >= 4 is 5.78 Å². The Morgan fingerprint density at radius 3 is 2.33 bits per heavy atom. The predicted molar refractivity (Wildman–Crippen MR) is 81.6 cm³/mol. The molecule has 2 aromatic carbocycles. The summed E-state index contributed by atoms with van der Waals surface area (Å²) in [5.74, 6) is 2.79. The standard InChI is InChI=1S/C19H18O2/c20-16-12-19(13-16)10-15(11-19)14-5-4-8-18(9-14)21-17-6-2-1-3-7-17/h1-9,15H,10-13H2. The van der Waals surface area contributed by atoms with Crippen LogP contribution in [0.3, 0.4) is 0 Å². The largest absolute Gasteiger partial charge is 0.457 e. The number of ether oxygens (including phenoxy) is 1. The number of hydrogen-bond donors (Lipinski definition) is 0. The molecule has 2 aliphatic rings. The molecule has 0 radical (unpaired) electrons. The SMILES string of the molecule is O=C1CC2(C1)CC(c1cccc(Oc3ccccc3)c1)C2. The van der Waals surface area contributed by atoms with E-state index in [0.29, 0.717) is 17.1 Å². The molecule has 0 amide bonds. The topological polar surface area (TPSA) is 26.3 Å². The molecule has 2 nitrogen and oxygen atoms in total. The molecule has 2 saturated carbocycles. The van der Waals surface area contributed by atoms with Crippen LogP contribution in [0.1, 0.15) is 37.2 Å².